The normalized spacial score (nSPS) is 11.8. The Bertz CT molecular complexity index is 327. The van der Waals surface area contributed by atoms with E-state index < -0.39 is 0 Å². The number of ether oxygens (including phenoxy) is 1. The van der Waals surface area contributed by atoms with Crippen molar-refractivity contribution in [2.75, 3.05) is 7.11 Å². The van der Waals surface area contributed by atoms with Crippen LogP contribution in [0.15, 0.2) is 30.3 Å². The van der Waals surface area contributed by atoms with Gasteiger partial charge < -0.3 is 10.1 Å². The van der Waals surface area contributed by atoms with Crippen molar-refractivity contribution < 1.29 is 9.53 Å². The smallest absolute Gasteiger partial charge is 0.323 e. The van der Waals surface area contributed by atoms with Crippen LogP contribution >= 0.6 is 12.4 Å². The Morgan fingerprint density at radius 2 is 1.88 bits per heavy atom. The number of esters is 1. The van der Waals surface area contributed by atoms with Crippen LogP contribution in [0.1, 0.15) is 19.4 Å². The Balaban J connectivity index is 0.00000256. The lowest BCUT2D eigenvalue weighted by molar-refractivity contribution is -0.144. The van der Waals surface area contributed by atoms with E-state index in [0.717, 1.165) is 5.56 Å². The van der Waals surface area contributed by atoms with Crippen molar-refractivity contribution in [3.8, 4) is 0 Å². The number of carbonyl (C=O) groups is 1. The standard InChI is InChI=1S/C13H19NO2.ClH/c1-10(2)12(13(15)16-3)14-9-11-7-5-4-6-8-11;/h4-8,10,12,14H,9H2,1-3H3;1H/t12-;/m1./s1. The largest absolute Gasteiger partial charge is 0.468 e. The van der Waals surface area contributed by atoms with Crippen molar-refractivity contribution in [2.24, 2.45) is 5.92 Å². The summed E-state index contributed by atoms with van der Waals surface area (Å²) in [6.07, 6.45) is 0. The fourth-order valence-corrected chi connectivity index (χ4v) is 1.54. The van der Waals surface area contributed by atoms with E-state index >= 15 is 0 Å². The lowest BCUT2D eigenvalue weighted by Crippen LogP contribution is -2.41. The highest BCUT2D eigenvalue weighted by Crippen LogP contribution is 2.05. The minimum absolute atomic E-state index is 0. The average Bonchev–Trinajstić information content (AvgIpc) is 2.30. The molecule has 0 bridgehead atoms. The van der Waals surface area contributed by atoms with E-state index in [2.05, 4.69) is 5.32 Å². The van der Waals surface area contributed by atoms with Gasteiger partial charge in [0.05, 0.1) is 7.11 Å². The van der Waals surface area contributed by atoms with Gasteiger partial charge in [-0.3, -0.25) is 4.79 Å². The molecule has 0 unspecified atom stereocenters. The van der Waals surface area contributed by atoms with Gasteiger partial charge in [-0.15, -0.1) is 12.4 Å². The van der Waals surface area contributed by atoms with Crippen LogP contribution in [0.5, 0.6) is 0 Å². The van der Waals surface area contributed by atoms with Crippen LogP contribution in [0.3, 0.4) is 0 Å². The number of rotatable bonds is 5. The summed E-state index contributed by atoms with van der Waals surface area (Å²) in [5, 5.41) is 3.21. The first-order valence-electron chi connectivity index (χ1n) is 5.50. The molecule has 0 amide bonds. The Kier molecular flexibility index (Phi) is 7.59. The lowest BCUT2D eigenvalue weighted by atomic mass is 10.0. The molecule has 96 valence electrons. The highest BCUT2D eigenvalue weighted by atomic mass is 35.5. The first-order valence-corrected chi connectivity index (χ1v) is 5.50. The van der Waals surface area contributed by atoms with Gasteiger partial charge in [-0.1, -0.05) is 44.2 Å². The first kappa shape index (κ1) is 15.9. The van der Waals surface area contributed by atoms with E-state index in [1.54, 1.807) is 0 Å². The number of carbonyl (C=O) groups excluding carboxylic acids is 1. The summed E-state index contributed by atoms with van der Waals surface area (Å²) >= 11 is 0. The number of methoxy groups -OCH3 is 1. The molecule has 0 fully saturated rings. The summed E-state index contributed by atoms with van der Waals surface area (Å²) in [4.78, 5) is 11.5. The zero-order valence-electron chi connectivity index (χ0n) is 10.5. The molecule has 17 heavy (non-hydrogen) atoms. The summed E-state index contributed by atoms with van der Waals surface area (Å²) < 4.78 is 4.76. The molecule has 0 aliphatic carbocycles. The van der Waals surface area contributed by atoms with Gasteiger partial charge >= 0.3 is 5.97 Å². The number of halogens is 1. The molecule has 0 saturated carbocycles. The third-order valence-corrected chi connectivity index (χ3v) is 2.49. The molecule has 1 aromatic carbocycles. The van der Waals surface area contributed by atoms with Crippen molar-refractivity contribution in [3.63, 3.8) is 0 Å². The number of hydrogen-bond acceptors (Lipinski definition) is 3. The molecule has 0 aliphatic rings. The van der Waals surface area contributed by atoms with Crippen LogP contribution in [0, 0.1) is 5.92 Å². The molecular formula is C13H20ClNO2. The Morgan fingerprint density at radius 1 is 1.29 bits per heavy atom. The molecule has 1 aromatic rings. The summed E-state index contributed by atoms with van der Waals surface area (Å²) in [6, 6.07) is 9.76. The summed E-state index contributed by atoms with van der Waals surface area (Å²) in [7, 11) is 1.42. The quantitative estimate of drug-likeness (QED) is 0.824. The first-order chi connectivity index (χ1) is 7.65. The third-order valence-electron chi connectivity index (χ3n) is 2.49. The van der Waals surface area contributed by atoms with E-state index in [9.17, 15) is 4.79 Å². The van der Waals surface area contributed by atoms with Gasteiger partial charge in [0.2, 0.25) is 0 Å². The number of hydrogen-bond donors (Lipinski definition) is 1. The zero-order valence-corrected chi connectivity index (χ0v) is 11.3. The maximum absolute atomic E-state index is 11.5. The topological polar surface area (TPSA) is 38.3 Å². The van der Waals surface area contributed by atoms with E-state index in [0.29, 0.717) is 6.54 Å². The second kappa shape index (κ2) is 8.09. The van der Waals surface area contributed by atoms with Gasteiger partial charge in [0.15, 0.2) is 0 Å². The molecule has 1 atom stereocenters. The van der Waals surface area contributed by atoms with Crippen molar-refractivity contribution >= 4 is 18.4 Å². The van der Waals surface area contributed by atoms with Crippen LogP contribution in [0.2, 0.25) is 0 Å². The summed E-state index contributed by atoms with van der Waals surface area (Å²) in [5.41, 5.74) is 1.16. The lowest BCUT2D eigenvalue weighted by Gasteiger charge is -2.19. The monoisotopic (exact) mass is 257 g/mol. The predicted molar refractivity (Wildman–Crippen MR) is 71.2 cm³/mol. The Labute approximate surface area is 109 Å². The maximum atomic E-state index is 11.5. The molecular weight excluding hydrogens is 238 g/mol. The molecule has 1 N–H and O–H groups in total. The summed E-state index contributed by atoms with van der Waals surface area (Å²) in [5.74, 6) is 0.0158. The average molecular weight is 258 g/mol. The van der Waals surface area contributed by atoms with Gasteiger partial charge in [-0.05, 0) is 11.5 Å². The van der Waals surface area contributed by atoms with Crippen LogP contribution in [0.25, 0.3) is 0 Å². The van der Waals surface area contributed by atoms with Gasteiger partial charge in [0.1, 0.15) is 6.04 Å². The van der Waals surface area contributed by atoms with E-state index in [1.807, 2.05) is 44.2 Å². The zero-order chi connectivity index (χ0) is 12.0. The van der Waals surface area contributed by atoms with Crippen LogP contribution in [0.4, 0.5) is 0 Å². The van der Waals surface area contributed by atoms with E-state index in [4.69, 9.17) is 4.74 Å². The molecule has 0 radical (unpaired) electrons. The predicted octanol–water partition coefficient (Wildman–Crippen LogP) is 2.40. The fraction of sp³-hybridized carbons (Fsp3) is 0.462. The molecule has 0 aliphatic heterocycles. The molecule has 0 saturated heterocycles. The highest BCUT2D eigenvalue weighted by Gasteiger charge is 2.21. The van der Waals surface area contributed by atoms with Gasteiger partial charge in [0, 0.05) is 6.54 Å². The fourth-order valence-electron chi connectivity index (χ4n) is 1.54. The van der Waals surface area contributed by atoms with E-state index in [1.165, 1.54) is 7.11 Å². The van der Waals surface area contributed by atoms with E-state index in [-0.39, 0.29) is 30.3 Å². The third kappa shape index (κ3) is 5.20. The van der Waals surface area contributed by atoms with Crippen LogP contribution in [-0.2, 0) is 16.1 Å². The minimum atomic E-state index is -0.245. The number of nitrogens with one attached hydrogen (secondary N) is 1. The summed E-state index contributed by atoms with van der Waals surface area (Å²) in [6.45, 7) is 4.68. The van der Waals surface area contributed by atoms with Crippen molar-refractivity contribution in [1.29, 1.82) is 0 Å². The SMILES string of the molecule is COC(=O)[C@H](NCc1ccccc1)C(C)C.Cl. The molecule has 1 rings (SSSR count). The molecule has 0 heterocycles. The van der Waals surface area contributed by atoms with Crippen molar-refractivity contribution in [1.82, 2.24) is 5.32 Å². The second-order valence-electron chi connectivity index (χ2n) is 4.11. The van der Waals surface area contributed by atoms with Crippen molar-refractivity contribution in [2.45, 2.75) is 26.4 Å². The molecule has 3 nitrogen and oxygen atoms in total. The van der Waals surface area contributed by atoms with Gasteiger partial charge in [-0.25, -0.2) is 0 Å². The van der Waals surface area contributed by atoms with Crippen molar-refractivity contribution in [3.05, 3.63) is 35.9 Å². The van der Waals surface area contributed by atoms with Gasteiger partial charge in [-0.2, -0.15) is 0 Å². The Hall–Kier alpha value is -1.06. The number of benzene rings is 1. The highest BCUT2D eigenvalue weighted by molar-refractivity contribution is 5.85. The molecule has 0 aromatic heterocycles. The molecule has 0 spiro atoms. The van der Waals surface area contributed by atoms with Crippen LogP contribution in [-0.4, -0.2) is 19.1 Å². The maximum Gasteiger partial charge on any atom is 0.323 e. The minimum Gasteiger partial charge on any atom is -0.468 e. The van der Waals surface area contributed by atoms with Crippen LogP contribution < -0.4 is 5.32 Å². The molecule has 4 heteroatoms. The second-order valence-corrected chi connectivity index (χ2v) is 4.11. The Morgan fingerprint density at radius 3 is 2.35 bits per heavy atom. The van der Waals surface area contributed by atoms with Gasteiger partial charge in [0.25, 0.3) is 0 Å².